The maximum atomic E-state index is 13.5. The Morgan fingerprint density at radius 3 is 2.69 bits per heavy atom. The van der Waals surface area contributed by atoms with E-state index in [0.717, 1.165) is 0 Å². The van der Waals surface area contributed by atoms with Gasteiger partial charge in [-0.15, -0.1) is 0 Å². The summed E-state index contributed by atoms with van der Waals surface area (Å²) in [7, 11) is 0. The molecule has 0 spiro atoms. The third-order valence-electron chi connectivity index (χ3n) is 3.98. The third kappa shape index (κ3) is 4.67. The number of rotatable bonds is 6. The number of hydrogen-bond donors (Lipinski definition) is 2. The molecule has 0 saturated carbocycles. The number of fused-ring (bicyclic) bond motifs is 1. The van der Waals surface area contributed by atoms with E-state index in [9.17, 15) is 14.4 Å². The van der Waals surface area contributed by atoms with Crippen molar-refractivity contribution >= 4 is 57.1 Å². The molecule has 0 saturated heterocycles. The number of benzene rings is 2. The van der Waals surface area contributed by atoms with E-state index in [4.69, 9.17) is 27.9 Å². The molecule has 0 atom stereocenters. The van der Waals surface area contributed by atoms with Crippen LogP contribution in [0.25, 0.3) is 10.9 Å². The average molecular weight is 433 g/mol. The van der Waals surface area contributed by atoms with Crippen LogP contribution in [0.2, 0.25) is 10.0 Å². The van der Waals surface area contributed by atoms with E-state index in [-0.39, 0.29) is 23.7 Å². The van der Waals surface area contributed by atoms with Gasteiger partial charge in [0.1, 0.15) is 18.4 Å². The number of nitrogens with one attached hydrogen (secondary N) is 2. The highest BCUT2D eigenvalue weighted by atomic mass is 35.5. The quantitative estimate of drug-likeness (QED) is 0.515. The lowest BCUT2D eigenvalue weighted by Gasteiger charge is -2.14. The SMILES string of the molecule is CCOC(=O)CNc1cc(Cl)c2ncc(C#N)c(Nc3ccc(F)c(Cl)c3)c2c1. The number of carbonyl (C=O) groups is 1. The number of esters is 1. The van der Waals surface area contributed by atoms with Crippen molar-refractivity contribution in [1.82, 2.24) is 4.98 Å². The Bertz CT molecular complexity index is 1130. The molecule has 0 radical (unpaired) electrons. The molecule has 0 aliphatic heterocycles. The Labute approximate surface area is 176 Å². The molecule has 3 aromatic rings. The van der Waals surface area contributed by atoms with Gasteiger partial charge in [-0.3, -0.25) is 9.78 Å². The van der Waals surface area contributed by atoms with E-state index in [2.05, 4.69) is 21.7 Å². The van der Waals surface area contributed by atoms with Gasteiger partial charge in [0.05, 0.1) is 33.4 Å². The van der Waals surface area contributed by atoms with Gasteiger partial charge >= 0.3 is 5.97 Å². The second-order valence-corrected chi connectivity index (χ2v) is 6.74. The number of ether oxygens (including phenoxy) is 1. The van der Waals surface area contributed by atoms with Crippen LogP contribution in [-0.4, -0.2) is 24.1 Å². The van der Waals surface area contributed by atoms with Crippen LogP contribution in [0.3, 0.4) is 0 Å². The minimum atomic E-state index is -0.550. The lowest BCUT2D eigenvalue weighted by molar-refractivity contribution is -0.140. The number of aromatic nitrogens is 1. The summed E-state index contributed by atoms with van der Waals surface area (Å²) in [6, 6.07) is 9.54. The first kappa shape index (κ1) is 20.6. The van der Waals surface area contributed by atoms with Crippen LogP contribution in [0.1, 0.15) is 12.5 Å². The summed E-state index contributed by atoms with van der Waals surface area (Å²) < 4.78 is 18.4. The van der Waals surface area contributed by atoms with Crippen LogP contribution in [-0.2, 0) is 9.53 Å². The molecule has 0 bridgehead atoms. The maximum absolute atomic E-state index is 13.5. The first-order valence-corrected chi connectivity index (χ1v) is 9.32. The Hall–Kier alpha value is -3.08. The van der Waals surface area contributed by atoms with Gasteiger partial charge in [0, 0.05) is 23.0 Å². The minimum absolute atomic E-state index is 0.0443. The molecule has 0 fully saturated rings. The Morgan fingerprint density at radius 1 is 1.24 bits per heavy atom. The molecular formula is C20H15Cl2FN4O2. The van der Waals surface area contributed by atoms with Gasteiger partial charge in [-0.25, -0.2) is 4.39 Å². The molecule has 0 amide bonds. The summed E-state index contributed by atoms with van der Waals surface area (Å²) in [4.78, 5) is 15.9. The molecule has 0 unspecified atom stereocenters. The van der Waals surface area contributed by atoms with Gasteiger partial charge in [0.25, 0.3) is 0 Å². The van der Waals surface area contributed by atoms with Crippen LogP contribution >= 0.6 is 23.2 Å². The maximum Gasteiger partial charge on any atom is 0.325 e. The van der Waals surface area contributed by atoms with Crippen molar-refractivity contribution in [3.05, 3.63) is 58.0 Å². The zero-order valence-electron chi connectivity index (χ0n) is 15.2. The fourth-order valence-corrected chi connectivity index (χ4v) is 3.13. The van der Waals surface area contributed by atoms with Crippen LogP contribution < -0.4 is 10.6 Å². The number of carbonyl (C=O) groups excluding carboxylic acids is 1. The topological polar surface area (TPSA) is 87.0 Å². The summed E-state index contributed by atoms with van der Waals surface area (Å²) in [6.45, 7) is 1.96. The highest BCUT2D eigenvalue weighted by molar-refractivity contribution is 6.36. The normalized spacial score (nSPS) is 10.4. The van der Waals surface area contributed by atoms with E-state index in [1.165, 1.54) is 24.4 Å². The van der Waals surface area contributed by atoms with Gasteiger partial charge in [-0.2, -0.15) is 5.26 Å². The van der Waals surface area contributed by atoms with Crippen molar-refractivity contribution in [2.24, 2.45) is 0 Å². The lowest BCUT2D eigenvalue weighted by atomic mass is 10.1. The van der Waals surface area contributed by atoms with Crippen molar-refractivity contribution < 1.29 is 13.9 Å². The van der Waals surface area contributed by atoms with Crippen LogP contribution in [0.15, 0.2) is 36.5 Å². The number of pyridine rings is 1. The van der Waals surface area contributed by atoms with Gasteiger partial charge in [-0.05, 0) is 37.3 Å². The number of hydrogen-bond acceptors (Lipinski definition) is 6. The summed E-state index contributed by atoms with van der Waals surface area (Å²) in [5.74, 6) is -0.960. The molecule has 29 heavy (non-hydrogen) atoms. The summed E-state index contributed by atoms with van der Waals surface area (Å²) in [5.41, 5.74) is 2.19. The monoisotopic (exact) mass is 432 g/mol. The molecule has 1 heterocycles. The second kappa shape index (κ2) is 8.95. The first-order chi connectivity index (χ1) is 13.9. The molecule has 2 N–H and O–H groups in total. The third-order valence-corrected chi connectivity index (χ3v) is 4.55. The fourth-order valence-electron chi connectivity index (χ4n) is 2.69. The summed E-state index contributed by atoms with van der Waals surface area (Å²) >= 11 is 12.2. The predicted octanol–water partition coefficient (Wildman–Crippen LogP) is 5.27. The van der Waals surface area contributed by atoms with Crippen molar-refractivity contribution in [3.63, 3.8) is 0 Å². The smallest absolute Gasteiger partial charge is 0.325 e. The molecule has 9 heteroatoms. The van der Waals surface area contributed by atoms with Crippen LogP contribution in [0, 0.1) is 17.1 Å². The van der Waals surface area contributed by atoms with E-state index in [1.54, 1.807) is 19.1 Å². The largest absolute Gasteiger partial charge is 0.465 e. The van der Waals surface area contributed by atoms with E-state index in [1.807, 2.05) is 0 Å². The summed E-state index contributed by atoms with van der Waals surface area (Å²) in [5, 5.41) is 16.3. The van der Waals surface area contributed by atoms with Crippen molar-refractivity contribution in [3.8, 4) is 6.07 Å². The van der Waals surface area contributed by atoms with E-state index in [0.29, 0.717) is 33.0 Å². The zero-order chi connectivity index (χ0) is 21.0. The van der Waals surface area contributed by atoms with Gasteiger partial charge < -0.3 is 15.4 Å². The van der Waals surface area contributed by atoms with Crippen LogP contribution in [0.5, 0.6) is 0 Å². The number of nitriles is 1. The highest BCUT2D eigenvalue weighted by Gasteiger charge is 2.14. The van der Waals surface area contributed by atoms with Crippen molar-refractivity contribution in [2.75, 3.05) is 23.8 Å². The molecule has 6 nitrogen and oxygen atoms in total. The standard InChI is InChI=1S/C20H15Cl2FN4O2/c1-2-29-18(28)10-25-13-5-14-19(27-12-3-4-17(23)15(21)6-12)11(8-24)9-26-20(14)16(22)7-13/h3-7,9,25H,2,10H2,1H3,(H,26,27). The molecule has 2 aromatic carbocycles. The van der Waals surface area contributed by atoms with Gasteiger partial charge in [0.15, 0.2) is 0 Å². The number of halogens is 3. The molecule has 1 aromatic heterocycles. The lowest BCUT2D eigenvalue weighted by Crippen LogP contribution is -2.16. The number of nitrogens with zero attached hydrogens (tertiary/aromatic N) is 2. The van der Waals surface area contributed by atoms with E-state index < -0.39 is 11.8 Å². The first-order valence-electron chi connectivity index (χ1n) is 8.56. The Balaban J connectivity index is 2.05. The Kier molecular flexibility index (Phi) is 6.37. The zero-order valence-corrected chi connectivity index (χ0v) is 16.7. The van der Waals surface area contributed by atoms with Crippen LogP contribution in [0.4, 0.5) is 21.5 Å². The average Bonchev–Trinajstić information content (AvgIpc) is 2.70. The number of anilines is 3. The van der Waals surface area contributed by atoms with Crippen molar-refractivity contribution in [2.45, 2.75) is 6.92 Å². The van der Waals surface area contributed by atoms with Crippen molar-refractivity contribution in [1.29, 1.82) is 5.26 Å². The molecular weight excluding hydrogens is 418 g/mol. The van der Waals surface area contributed by atoms with E-state index >= 15 is 0 Å². The van der Waals surface area contributed by atoms with Gasteiger partial charge in [-0.1, -0.05) is 23.2 Å². The Morgan fingerprint density at radius 2 is 2.00 bits per heavy atom. The summed E-state index contributed by atoms with van der Waals surface area (Å²) in [6.07, 6.45) is 1.40. The molecule has 148 valence electrons. The fraction of sp³-hybridized carbons (Fsp3) is 0.150. The predicted molar refractivity (Wildman–Crippen MR) is 111 cm³/mol. The molecule has 0 aliphatic rings. The second-order valence-electron chi connectivity index (χ2n) is 5.93. The van der Waals surface area contributed by atoms with Gasteiger partial charge in [0.2, 0.25) is 0 Å². The minimum Gasteiger partial charge on any atom is -0.465 e. The highest BCUT2D eigenvalue weighted by Crippen LogP contribution is 2.35. The molecule has 3 rings (SSSR count). The molecule has 0 aliphatic carbocycles.